The van der Waals surface area contributed by atoms with E-state index < -0.39 is 0 Å². The van der Waals surface area contributed by atoms with Gasteiger partial charge in [-0.1, -0.05) is 0 Å². The lowest BCUT2D eigenvalue weighted by atomic mass is 10.2. The van der Waals surface area contributed by atoms with Crippen LogP contribution in [0.5, 0.6) is 0 Å². The van der Waals surface area contributed by atoms with E-state index >= 15 is 0 Å². The largest absolute Gasteiger partial charge is 0.368 e. The minimum absolute atomic E-state index is 0. The lowest BCUT2D eigenvalue weighted by Crippen LogP contribution is -2.52. The third kappa shape index (κ3) is 6.37. The summed E-state index contributed by atoms with van der Waals surface area (Å²) >= 11 is 1.87. The summed E-state index contributed by atoms with van der Waals surface area (Å²) in [7, 11) is 1.84. The van der Waals surface area contributed by atoms with E-state index in [2.05, 4.69) is 26.4 Å². The Morgan fingerprint density at radius 1 is 1.22 bits per heavy atom. The molecule has 0 saturated carbocycles. The molecule has 1 fully saturated rings. The van der Waals surface area contributed by atoms with Crippen molar-refractivity contribution in [1.82, 2.24) is 10.2 Å². The molecule has 1 saturated heterocycles. The van der Waals surface area contributed by atoms with Gasteiger partial charge in [0.05, 0.1) is 0 Å². The molecule has 130 valence electrons. The lowest BCUT2D eigenvalue weighted by molar-refractivity contribution is 0.373. The van der Waals surface area contributed by atoms with Gasteiger partial charge in [-0.2, -0.15) is 11.8 Å². The second kappa shape index (κ2) is 11.0. The van der Waals surface area contributed by atoms with Crippen LogP contribution in [-0.2, 0) is 0 Å². The highest BCUT2D eigenvalue weighted by Crippen LogP contribution is 2.16. The fourth-order valence-corrected chi connectivity index (χ4v) is 3.01. The van der Waals surface area contributed by atoms with Gasteiger partial charge in [-0.05, 0) is 42.7 Å². The van der Waals surface area contributed by atoms with E-state index in [-0.39, 0.29) is 29.8 Å². The van der Waals surface area contributed by atoms with E-state index in [1.165, 1.54) is 17.9 Å². The van der Waals surface area contributed by atoms with E-state index in [1.54, 1.807) is 0 Å². The van der Waals surface area contributed by atoms with Gasteiger partial charge in [0, 0.05) is 45.5 Å². The Labute approximate surface area is 159 Å². The van der Waals surface area contributed by atoms with E-state index in [9.17, 15) is 4.39 Å². The number of anilines is 1. The van der Waals surface area contributed by atoms with Crippen LogP contribution in [0.3, 0.4) is 0 Å². The number of thioether (sulfide) groups is 1. The maximum absolute atomic E-state index is 13.0. The highest BCUT2D eigenvalue weighted by atomic mass is 127. The van der Waals surface area contributed by atoms with Gasteiger partial charge in [0.15, 0.2) is 5.96 Å². The molecule has 0 bridgehead atoms. The standard InChI is InChI=1S/C16H25FN4S.HI/c1-18-16(19-8-3-13-22-2)21-11-9-20(10-12-21)15-6-4-14(17)5-7-15;/h4-7H,3,8-13H2,1-2H3,(H,18,19);1H. The highest BCUT2D eigenvalue weighted by Gasteiger charge is 2.19. The minimum atomic E-state index is -0.183. The Kier molecular flexibility index (Phi) is 9.69. The Morgan fingerprint density at radius 2 is 1.87 bits per heavy atom. The molecule has 1 N–H and O–H groups in total. The smallest absolute Gasteiger partial charge is 0.193 e. The first-order valence-electron chi connectivity index (χ1n) is 7.69. The van der Waals surface area contributed by atoms with Crippen LogP contribution in [0.15, 0.2) is 29.3 Å². The number of hydrogen-bond donors (Lipinski definition) is 1. The maximum atomic E-state index is 13.0. The summed E-state index contributed by atoms with van der Waals surface area (Å²) in [6.45, 7) is 4.68. The fourth-order valence-electron chi connectivity index (χ4n) is 2.58. The van der Waals surface area contributed by atoms with E-state index in [0.717, 1.165) is 50.8 Å². The molecule has 1 heterocycles. The van der Waals surface area contributed by atoms with Crippen LogP contribution < -0.4 is 10.2 Å². The predicted molar refractivity (Wildman–Crippen MR) is 110 cm³/mol. The molecule has 4 nitrogen and oxygen atoms in total. The molecule has 23 heavy (non-hydrogen) atoms. The molecule has 0 aliphatic carbocycles. The quantitative estimate of drug-likeness (QED) is 0.322. The molecule has 0 atom stereocenters. The Hall–Kier alpha value is -0.700. The molecule has 0 spiro atoms. The molecule has 2 rings (SSSR count). The summed E-state index contributed by atoms with van der Waals surface area (Å²) in [5.41, 5.74) is 1.09. The zero-order valence-corrected chi connectivity index (χ0v) is 16.9. The van der Waals surface area contributed by atoms with Crippen LogP contribution in [0.4, 0.5) is 10.1 Å². The second-order valence-electron chi connectivity index (χ2n) is 5.27. The number of halogens is 2. The molecule has 0 amide bonds. The molecule has 0 unspecified atom stereocenters. The van der Waals surface area contributed by atoms with Crippen molar-refractivity contribution < 1.29 is 4.39 Å². The summed E-state index contributed by atoms with van der Waals surface area (Å²) in [5.74, 6) is 1.97. The molecule has 0 radical (unpaired) electrons. The van der Waals surface area contributed by atoms with Crippen LogP contribution >= 0.6 is 35.7 Å². The number of aliphatic imine (C=N–C) groups is 1. The van der Waals surface area contributed by atoms with Crippen molar-refractivity contribution in [2.75, 3.05) is 56.7 Å². The predicted octanol–water partition coefficient (Wildman–Crippen LogP) is 2.89. The van der Waals surface area contributed by atoms with Crippen molar-refractivity contribution in [1.29, 1.82) is 0 Å². The summed E-state index contributed by atoms with van der Waals surface area (Å²) in [5, 5.41) is 3.43. The number of rotatable bonds is 5. The molecule has 1 aliphatic heterocycles. The van der Waals surface area contributed by atoms with Crippen molar-refractivity contribution in [2.24, 2.45) is 4.99 Å². The number of benzene rings is 1. The average Bonchev–Trinajstić information content (AvgIpc) is 2.56. The SMILES string of the molecule is CN=C(NCCCSC)N1CCN(c2ccc(F)cc2)CC1.I. The van der Waals surface area contributed by atoms with Crippen molar-refractivity contribution in [3.05, 3.63) is 30.1 Å². The fraction of sp³-hybridized carbons (Fsp3) is 0.562. The van der Waals surface area contributed by atoms with Gasteiger partial charge in [-0.3, -0.25) is 4.99 Å². The van der Waals surface area contributed by atoms with E-state index in [0.29, 0.717) is 0 Å². The first-order valence-corrected chi connectivity index (χ1v) is 9.09. The third-order valence-corrected chi connectivity index (χ3v) is 4.49. The van der Waals surface area contributed by atoms with Crippen LogP contribution in [0.25, 0.3) is 0 Å². The number of nitrogens with one attached hydrogen (secondary N) is 1. The van der Waals surface area contributed by atoms with Crippen molar-refractivity contribution in [3.63, 3.8) is 0 Å². The van der Waals surface area contributed by atoms with Crippen molar-refractivity contribution in [2.45, 2.75) is 6.42 Å². The molecule has 0 aromatic heterocycles. The van der Waals surface area contributed by atoms with Gasteiger partial charge in [0.25, 0.3) is 0 Å². The third-order valence-electron chi connectivity index (χ3n) is 3.79. The first-order chi connectivity index (χ1) is 10.7. The summed E-state index contributed by atoms with van der Waals surface area (Å²) in [6.07, 6.45) is 3.28. The van der Waals surface area contributed by atoms with E-state index in [4.69, 9.17) is 0 Å². The zero-order chi connectivity index (χ0) is 15.8. The van der Waals surface area contributed by atoms with Gasteiger partial charge in [-0.25, -0.2) is 4.39 Å². The molecular formula is C16H26FIN4S. The van der Waals surface area contributed by atoms with Gasteiger partial charge in [-0.15, -0.1) is 24.0 Å². The van der Waals surface area contributed by atoms with Gasteiger partial charge >= 0.3 is 0 Å². The monoisotopic (exact) mass is 452 g/mol. The van der Waals surface area contributed by atoms with Crippen LogP contribution in [0.2, 0.25) is 0 Å². The summed E-state index contributed by atoms with van der Waals surface area (Å²) in [4.78, 5) is 8.95. The van der Waals surface area contributed by atoms with Gasteiger partial charge in [0.1, 0.15) is 5.82 Å². The van der Waals surface area contributed by atoms with Crippen LogP contribution in [-0.4, -0.2) is 62.6 Å². The molecule has 1 aromatic rings. The minimum Gasteiger partial charge on any atom is -0.368 e. The molecule has 7 heteroatoms. The summed E-state index contributed by atoms with van der Waals surface area (Å²) < 4.78 is 13.0. The van der Waals surface area contributed by atoms with E-state index in [1.807, 2.05) is 30.9 Å². The van der Waals surface area contributed by atoms with Crippen LogP contribution in [0, 0.1) is 5.82 Å². The average molecular weight is 452 g/mol. The first kappa shape index (κ1) is 20.3. The lowest BCUT2D eigenvalue weighted by Gasteiger charge is -2.37. The van der Waals surface area contributed by atoms with Crippen LogP contribution in [0.1, 0.15) is 6.42 Å². The Bertz CT molecular complexity index is 475. The molecule has 1 aromatic carbocycles. The second-order valence-corrected chi connectivity index (χ2v) is 6.26. The zero-order valence-electron chi connectivity index (χ0n) is 13.8. The number of piperazine rings is 1. The Morgan fingerprint density at radius 3 is 2.43 bits per heavy atom. The topological polar surface area (TPSA) is 30.9 Å². The normalized spacial score (nSPS) is 15.3. The molecule has 1 aliphatic rings. The molecular weight excluding hydrogens is 426 g/mol. The number of hydrogen-bond acceptors (Lipinski definition) is 3. The van der Waals surface area contributed by atoms with Gasteiger partial charge in [0.2, 0.25) is 0 Å². The van der Waals surface area contributed by atoms with Crippen molar-refractivity contribution in [3.8, 4) is 0 Å². The number of nitrogens with zero attached hydrogens (tertiary/aromatic N) is 3. The van der Waals surface area contributed by atoms with Gasteiger partial charge < -0.3 is 15.1 Å². The maximum Gasteiger partial charge on any atom is 0.193 e. The summed E-state index contributed by atoms with van der Waals surface area (Å²) in [6, 6.07) is 6.74. The number of guanidine groups is 1. The van der Waals surface area contributed by atoms with Crippen molar-refractivity contribution >= 4 is 47.4 Å². The Balaban J connectivity index is 0.00000264. The highest BCUT2D eigenvalue weighted by molar-refractivity contribution is 14.0.